The van der Waals surface area contributed by atoms with Crippen molar-refractivity contribution >= 4 is 29.5 Å². The number of hydrogen-bond acceptors (Lipinski definition) is 4. The van der Waals surface area contributed by atoms with Gasteiger partial charge in [-0.1, -0.05) is 12.5 Å². The zero-order valence-electron chi connectivity index (χ0n) is 19.3. The molecule has 1 atom stereocenters. The van der Waals surface area contributed by atoms with E-state index in [1.165, 1.54) is 62.7 Å². The third-order valence-corrected chi connectivity index (χ3v) is 10.2. The Labute approximate surface area is 200 Å². The summed E-state index contributed by atoms with van der Waals surface area (Å²) in [6.07, 6.45) is 13.7. The molecule has 4 saturated carbocycles. The minimum absolute atomic E-state index is 0.0798. The molecule has 2 aliphatic heterocycles. The highest BCUT2D eigenvalue weighted by atomic mass is 32.2. The first-order chi connectivity index (χ1) is 16.0. The molecule has 1 aromatic rings. The molecule has 1 aromatic carbocycles. The summed E-state index contributed by atoms with van der Waals surface area (Å²) in [5.74, 6) is 3.50. The van der Waals surface area contributed by atoms with Gasteiger partial charge in [0.15, 0.2) is 0 Å². The smallest absolute Gasteiger partial charge is 0.255 e. The number of unbranched alkanes of at least 4 members (excludes halogenated alkanes) is 1. The summed E-state index contributed by atoms with van der Waals surface area (Å²) < 4.78 is 0. The van der Waals surface area contributed by atoms with E-state index in [4.69, 9.17) is 0 Å². The minimum Gasteiger partial charge on any atom is -0.322 e. The second-order valence-corrected chi connectivity index (χ2v) is 12.5. The molecule has 7 rings (SSSR count). The van der Waals surface area contributed by atoms with Crippen molar-refractivity contribution in [2.75, 3.05) is 5.75 Å². The number of fused-ring (bicyclic) bond motifs is 1. The lowest BCUT2D eigenvalue weighted by Gasteiger charge is -2.57. The predicted molar refractivity (Wildman–Crippen MR) is 128 cm³/mol. The van der Waals surface area contributed by atoms with Gasteiger partial charge in [-0.05, 0) is 104 Å². The molecule has 0 radical (unpaired) electrons. The van der Waals surface area contributed by atoms with Gasteiger partial charge < -0.3 is 4.90 Å². The number of nitrogens with zero attached hydrogens (tertiary/aromatic N) is 1. The van der Waals surface area contributed by atoms with Crippen molar-refractivity contribution in [1.82, 2.24) is 10.2 Å². The predicted octanol–water partition coefficient (Wildman–Crippen LogP) is 4.93. The molecule has 6 aliphatic rings. The van der Waals surface area contributed by atoms with Crippen LogP contribution in [0.5, 0.6) is 0 Å². The van der Waals surface area contributed by atoms with Gasteiger partial charge in [-0.25, -0.2) is 0 Å². The molecule has 1 N–H and O–H groups in total. The molecule has 176 valence electrons. The van der Waals surface area contributed by atoms with Gasteiger partial charge in [0, 0.05) is 23.4 Å². The van der Waals surface area contributed by atoms with Gasteiger partial charge in [0.1, 0.15) is 6.04 Å². The van der Waals surface area contributed by atoms with E-state index in [2.05, 4.69) is 11.4 Å². The standard InChI is InChI=1S/C27H34N2O3S/c30-24-7-6-22(25(31)28-24)29-16-21-20(26(29)32)4-3-5-23(21)33-9-2-1-8-27-13-17-10-18(14-27)12-19(11-17)15-27/h3-5,17-19,22H,1-2,6-16H2,(H,28,30,31). The summed E-state index contributed by atoms with van der Waals surface area (Å²) >= 11 is 1.86. The van der Waals surface area contributed by atoms with Crippen molar-refractivity contribution in [1.29, 1.82) is 0 Å². The molecule has 5 fully saturated rings. The van der Waals surface area contributed by atoms with Crippen molar-refractivity contribution in [2.45, 2.75) is 88.1 Å². The monoisotopic (exact) mass is 466 g/mol. The number of imide groups is 1. The number of piperidine rings is 1. The summed E-state index contributed by atoms with van der Waals surface area (Å²) in [5, 5.41) is 2.39. The van der Waals surface area contributed by atoms with Crippen molar-refractivity contribution < 1.29 is 14.4 Å². The zero-order valence-corrected chi connectivity index (χ0v) is 20.1. The van der Waals surface area contributed by atoms with E-state index in [1.54, 1.807) is 4.90 Å². The summed E-state index contributed by atoms with van der Waals surface area (Å²) in [5.41, 5.74) is 2.44. The molecule has 3 amide bonds. The summed E-state index contributed by atoms with van der Waals surface area (Å²) in [7, 11) is 0. The molecule has 0 aromatic heterocycles. The van der Waals surface area contributed by atoms with Crippen molar-refractivity contribution in [3.8, 4) is 0 Å². The molecule has 4 bridgehead atoms. The number of hydrogen-bond donors (Lipinski definition) is 1. The van der Waals surface area contributed by atoms with Crippen LogP contribution in [0.25, 0.3) is 0 Å². The first kappa shape index (κ1) is 21.7. The van der Waals surface area contributed by atoms with E-state index in [9.17, 15) is 14.4 Å². The van der Waals surface area contributed by atoms with Crippen molar-refractivity contribution in [2.24, 2.45) is 23.2 Å². The summed E-state index contributed by atoms with van der Waals surface area (Å²) in [4.78, 5) is 39.6. The fourth-order valence-corrected chi connectivity index (χ4v) is 9.16. The van der Waals surface area contributed by atoms with Gasteiger partial charge in [-0.2, -0.15) is 0 Å². The summed E-state index contributed by atoms with van der Waals surface area (Å²) in [6, 6.07) is 5.41. The third kappa shape index (κ3) is 4.02. The average Bonchev–Trinajstić information content (AvgIpc) is 3.10. The van der Waals surface area contributed by atoms with Gasteiger partial charge in [-0.15, -0.1) is 11.8 Å². The molecule has 33 heavy (non-hydrogen) atoms. The van der Waals surface area contributed by atoms with Crippen LogP contribution in [0.3, 0.4) is 0 Å². The Morgan fingerprint density at radius 1 is 1.00 bits per heavy atom. The molecule has 4 aliphatic carbocycles. The molecule has 0 spiro atoms. The first-order valence-electron chi connectivity index (χ1n) is 12.9. The van der Waals surface area contributed by atoms with Crippen molar-refractivity contribution in [3.05, 3.63) is 29.3 Å². The third-order valence-electron chi connectivity index (χ3n) is 9.06. The second-order valence-electron chi connectivity index (χ2n) is 11.4. The van der Waals surface area contributed by atoms with Gasteiger partial charge in [0.05, 0.1) is 0 Å². The zero-order chi connectivity index (χ0) is 22.6. The number of amides is 3. The normalized spacial score (nSPS) is 34.7. The number of benzene rings is 1. The Morgan fingerprint density at radius 3 is 2.42 bits per heavy atom. The number of nitrogens with one attached hydrogen (secondary N) is 1. The van der Waals surface area contributed by atoms with E-state index in [0.29, 0.717) is 24.8 Å². The second kappa shape index (κ2) is 8.44. The van der Waals surface area contributed by atoms with E-state index >= 15 is 0 Å². The highest BCUT2D eigenvalue weighted by molar-refractivity contribution is 7.99. The quantitative estimate of drug-likeness (QED) is 0.352. The first-order valence-corrected chi connectivity index (χ1v) is 13.9. The highest BCUT2D eigenvalue weighted by Gasteiger charge is 2.50. The fourth-order valence-electron chi connectivity index (χ4n) is 8.07. The Bertz CT molecular complexity index is 954. The van der Waals surface area contributed by atoms with Gasteiger partial charge in [0.25, 0.3) is 5.91 Å². The lowest BCUT2D eigenvalue weighted by atomic mass is 9.48. The van der Waals surface area contributed by atoms with Crippen molar-refractivity contribution in [3.63, 3.8) is 0 Å². The number of rotatable bonds is 7. The molecule has 5 nitrogen and oxygen atoms in total. The van der Waals surface area contributed by atoms with E-state index in [0.717, 1.165) is 34.6 Å². The maximum atomic E-state index is 13.0. The molecule has 1 unspecified atom stereocenters. The Hall–Kier alpha value is -1.82. The van der Waals surface area contributed by atoms with Crippen LogP contribution in [0.15, 0.2) is 23.1 Å². The molecule has 2 heterocycles. The Kier molecular flexibility index (Phi) is 5.55. The lowest BCUT2D eigenvalue weighted by molar-refractivity contribution is -0.136. The summed E-state index contributed by atoms with van der Waals surface area (Å²) in [6.45, 7) is 0.469. The lowest BCUT2D eigenvalue weighted by Crippen LogP contribution is -2.52. The van der Waals surface area contributed by atoms with Crippen LogP contribution in [0.2, 0.25) is 0 Å². The average molecular weight is 467 g/mol. The SMILES string of the molecule is O=C1CCC(N2Cc3c(SCCCCC45CC6CC(CC(C6)C4)C5)cccc3C2=O)C(=O)N1. The Morgan fingerprint density at radius 2 is 1.73 bits per heavy atom. The van der Waals surface area contributed by atoms with Crippen LogP contribution >= 0.6 is 11.8 Å². The van der Waals surface area contributed by atoms with Gasteiger partial charge >= 0.3 is 0 Å². The van der Waals surface area contributed by atoms with Gasteiger partial charge in [-0.3, -0.25) is 19.7 Å². The van der Waals surface area contributed by atoms with Crippen LogP contribution in [0.4, 0.5) is 0 Å². The number of carbonyl (C=O) groups excluding carboxylic acids is 3. The maximum absolute atomic E-state index is 13.0. The minimum atomic E-state index is -0.541. The van der Waals surface area contributed by atoms with Crippen LogP contribution in [0.1, 0.15) is 86.6 Å². The largest absolute Gasteiger partial charge is 0.322 e. The van der Waals surface area contributed by atoms with E-state index < -0.39 is 6.04 Å². The Balaban J connectivity index is 1.04. The highest BCUT2D eigenvalue weighted by Crippen LogP contribution is 2.61. The molecular weight excluding hydrogens is 432 g/mol. The van der Waals surface area contributed by atoms with Crippen LogP contribution in [-0.2, 0) is 16.1 Å². The number of carbonyl (C=O) groups is 3. The van der Waals surface area contributed by atoms with Crippen LogP contribution in [-0.4, -0.2) is 34.4 Å². The number of thioether (sulfide) groups is 1. The molecule has 1 saturated heterocycles. The van der Waals surface area contributed by atoms with Crippen LogP contribution < -0.4 is 5.32 Å². The van der Waals surface area contributed by atoms with E-state index in [1.807, 2.05) is 23.9 Å². The molecular formula is C27H34N2O3S. The maximum Gasteiger partial charge on any atom is 0.255 e. The van der Waals surface area contributed by atoms with Gasteiger partial charge in [0.2, 0.25) is 11.8 Å². The fraction of sp³-hybridized carbons (Fsp3) is 0.667. The van der Waals surface area contributed by atoms with Crippen LogP contribution in [0, 0.1) is 23.2 Å². The van der Waals surface area contributed by atoms with E-state index in [-0.39, 0.29) is 17.7 Å². The molecule has 6 heteroatoms. The topological polar surface area (TPSA) is 66.5 Å².